The lowest BCUT2D eigenvalue weighted by atomic mass is 10.1. The fourth-order valence-electron chi connectivity index (χ4n) is 2.71. The van der Waals surface area contributed by atoms with Gasteiger partial charge in [0.15, 0.2) is 5.78 Å². The molecule has 3 aromatic rings. The molecular weight excluding hydrogens is 376 g/mol. The number of aromatic nitrogens is 2. The normalized spacial score (nSPS) is 11.0. The van der Waals surface area contributed by atoms with E-state index in [2.05, 4.69) is 5.10 Å². The van der Waals surface area contributed by atoms with Crippen LogP contribution < -0.4 is 9.47 Å². The Bertz CT molecular complexity index is 1010. The zero-order valence-corrected chi connectivity index (χ0v) is 16.7. The number of halogens is 1. The maximum absolute atomic E-state index is 12.4. The molecule has 0 saturated carbocycles. The lowest BCUT2D eigenvalue weighted by Gasteiger charge is -2.11. The molecule has 144 valence electrons. The van der Waals surface area contributed by atoms with E-state index in [1.54, 1.807) is 42.3 Å². The molecule has 3 rings (SSSR count). The number of rotatable bonds is 7. The number of ether oxygens (including phenoxy) is 2. The molecule has 0 aliphatic rings. The molecule has 0 unspecified atom stereocenters. The average molecular weight is 397 g/mol. The number of hydrogen-bond acceptors (Lipinski definition) is 4. The van der Waals surface area contributed by atoms with Crippen LogP contribution in [0.3, 0.4) is 0 Å². The molecule has 5 nitrogen and oxygen atoms in total. The van der Waals surface area contributed by atoms with Gasteiger partial charge in [-0.2, -0.15) is 5.10 Å². The van der Waals surface area contributed by atoms with E-state index in [1.165, 1.54) is 0 Å². The van der Waals surface area contributed by atoms with Gasteiger partial charge in [0.05, 0.1) is 18.9 Å². The van der Waals surface area contributed by atoms with Gasteiger partial charge >= 0.3 is 0 Å². The van der Waals surface area contributed by atoms with Crippen molar-refractivity contribution in [3.05, 3.63) is 82.1 Å². The molecule has 0 spiro atoms. The average Bonchev–Trinajstić information content (AvgIpc) is 3.04. The Balaban J connectivity index is 1.75. The van der Waals surface area contributed by atoms with Gasteiger partial charge in [0.2, 0.25) is 0 Å². The number of benzene rings is 2. The Kier molecular flexibility index (Phi) is 6.16. The third kappa shape index (κ3) is 4.61. The number of methoxy groups -OCH3 is 1. The quantitative estimate of drug-likeness (QED) is 0.422. The predicted molar refractivity (Wildman–Crippen MR) is 110 cm³/mol. The molecule has 0 bridgehead atoms. The van der Waals surface area contributed by atoms with E-state index in [0.29, 0.717) is 17.2 Å². The largest absolute Gasteiger partial charge is 0.496 e. The number of hydrogen-bond donors (Lipinski definition) is 0. The van der Waals surface area contributed by atoms with Crippen LogP contribution in [-0.2, 0) is 13.7 Å². The first-order valence-corrected chi connectivity index (χ1v) is 9.12. The minimum Gasteiger partial charge on any atom is -0.496 e. The molecule has 0 aliphatic heterocycles. The lowest BCUT2D eigenvalue weighted by Crippen LogP contribution is -2.00. The summed E-state index contributed by atoms with van der Waals surface area (Å²) in [5, 5.41) is 4.77. The molecule has 0 saturated heterocycles. The van der Waals surface area contributed by atoms with Crippen molar-refractivity contribution >= 4 is 23.5 Å². The van der Waals surface area contributed by atoms with Crippen LogP contribution in [0.2, 0.25) is 5.02 Å². The lowest BCUT2D eigenvalue weighted by molar-refractivity contribution is 0.104. The molecule has 0 atom stereocenters. The SMILES string of the molecule is COc1ccc(/C=C/C(=O)c2cnn(C)c2C)cc1COc1ccc(Cl)cc1. The highest BCUT2D eigenvalue weighted by atomic mass is 35.5. The van der Waals surface area contributed by atoms with Gasteiger partial charge in [-0.15, -0.1) is 0 Å². The minimum atomic E-state index is -0.0830. The summed E-state index contributed by atoms with van der Waals surface area (Å²) in [5.41, 5.74) is 3.19. The van der Waals surface area contributed by atoms with Crippen molar-refractivity contribution in [2.45, 2.75) is 13.5 Å². The summed E-state index contributed by atoms with van der Waals surface area (Å²) in [6, 6.07) is 12.9. The van der Waals surface area contributed by atoms with Crippen molar-refractivity contribution in [1.29, 1.82) is 0 Å². The van der Waals surface area contributed by atoms with Gasteiger partial charge in [0.1, 0.15) is 18.1 Å². The molecule has 2 aromatic carbocycles. The van der Waals surface area contributed by atoms with Gasteiger partial charge in [-0.3, -0.25) is 9.48 Å². The fraction of sp³-hybridized carbons (Fsp3) is 0.182. The van der Waals surface area contributed by atoms with E-state index in [9.17, 15) is 4.79 Å². The van der Waals surface area contributed by atoms with Crippen molar-refractivity contribution in [1.82, 2.24) is 9.78 Å². The van der Waals surface area contributed by atoms with E-state index in [4.69, 9.17) is 21.1 Å². The Labute approximate surface area is 169 Å². The summed E-state index contributed by atoms with van der Waals surface area (Å²) in [5.74, 6) is 1.36. The molecule has 0 aliphatic carbocycles. The summed E-state index contributed by atoms with van der Waals surface area (Å²) in [7, 11) is 3.43. The first-order chi connectivity index (χ1) is 13.5. The third-order valence-electron chi connectivity index (χ3n) is 4.44. The molecular formula is C22H21ClN2O3. The highest BCUT2D eigenvalue weighted by Crippen LogP contribution is 2.24. The zero-order chi connectivity index (χ0) is 20.1. The van der Waals surface area contributed by atoms with Crippen LogP contribution in [0.15, 0.2) is 54.7 Å². The van der Waals surface area contributed by atoms with E-state index in [1.807, 2.05) is 44.3 Å². The summed E-state index contributed by atoms with van der Waals surface area (Å²) in [4.78, 5) is 12.4. The van der Waals surface area contributed by atoms with E-state index < -0.39 is 0 Å². The van der Waals surface area contributed by atoms with Gasteiger partial charge in [0, 0.05) is 23.3 Å². The topological polar surface area (TPSA) is 53.3 Å². The van der Waals surface area contributed by atoms with Crippen LogP contribution in [0.1, 0.15) is 27.2 Å². The smallest absolute Gasteiger partial charge is 0.189 e. The van der Waals surface area contributed by atoms with Gasteiger partial charge < -0.3 is 9.47 Å². The van der Waals surface area contributed by atoms with Gasteiger partial charge in [-0.25, -0.2) is 0 Å². The van der Waals surface area contributed by atoms with Gasteiger partial charge in [0.25, 0.3) is 0 Å². The summed E-state index contributed by atoms with van der Waals surface area (Å²) in [6.45, 7) is 2.20. The van der Waals surface area contributed by atoms with Crippen LogP contribution in [-0.4, -0.2) is 22.7 Å². The number of nitrogens with zero attached hydrogens (tertiary/aromatic N) is 2. The Morgan fingerprint density at radius 3 is 2.61 bits per heavy atom. The third-order valence-corrected chi connectivity index (χ3v) is 4.69. The van der Waals surface area contributed by atoms with E-state index in [-0.39, 0.29) is 5.78 Å². The molecule has 1 aromatic heterocycles. The molecule has 1 heterocycles. The number of aryl methyl sites for hydroxylation is 1. The van der Waals surface area contributed by atoms with Crippen LogP contribution in [0.4, 0.5) is 0 Å². The first kappa shape index (κ1) is 19.7. The van der Waals surface area contributed by atoms with E-state index in [0.717, 1.165) is 28.3 Å². The Morgan fingerprint density at radius 2 is 1.96 bits per heavy atom. The number of carbonyl (C=O) groups excluding carboxylic acids is 1. The Morgan fingerprint density at radius 1 is 1.21 bits per heavy atom. The van der Waals surface area contributed by atoms with Crippen LogP contribution >= 0.6 is 11.6 Å². The van der Waals surface area contributed by atoms with Crippen molar-refractivity contribution in [3.63, 3.8) is 0 Å². The first-order valence-electron chi connectivity index (χ1n) is 8.74. The van der Waals surface area contributed by atoms with Crippen molar-refractivity contribution in [3.8, 4) is 11.5 Å². The fourth-order valence-corrected chi connectivity index (χ4v) is 2.84. The van der Waals surface area contributed by atoms with Crippen molar-refractivity contribution in [2.75, 3.05) is 7.11 Å². The molecule has 6 heteroatoms. The van der Waals surface area contributed by atoms with E-state index >= 15 is 0 Å². The predicted octanol–water partition coefficient (Wildman–Crippen LogP) is 4.87. The second-order valence-corrected chi connectivity index (χ2v) is 6.72. The standard InChI is InChI=1S/C22H21ClN2O3/c1-15-20(13-24-25(15)2)21(26)10-4-16-5-11-22(27-3)17(12-16)14-28-19-8-6-18(23)7-9-19/h4-13H,14H2,1-3H3/b10-4+. The van der Waals surface area contributed by atoms with Gasteiger partial charge in [-0.05, 0) is 55.0 Å². The number of carbonyl (C=O) groups is 1. The zero-order valence-electron chi connectivity index (χ0n) is 16.0. The minimum absolute atomic E-state index is 0.0830. The molecule has 0 fully saturated rings. The summed E-state index contributed by atoms with van der Waals surface area (Å²) in [6.07, 6.45) is 4.91. The summed E-state index contributed by atoms with van der Waals surface area (Å²) >= 11 is 5.90. The van der Waals surface area contributed by atoms with Gasteiger partial charge in [-0.1, -0.05) is 23.7 Å². The highest BCUT2D eigenvalue weighted by molar-refractivity contribution is 6.30. The molecule has 0 radical (unpaired) electrons. The maximum Gasteiger partial charge on any atom is 0.189 e. The van der Waals surface area contributed by atoms with Crippen LogP contribution in [0.25, 0.3) is 6.08 Å². The molecule has 0 amide bonds. The van der Waals surface area contributed by atoms with Crippen molar-refractivity contribution < 1.29 is 14.3 Å². The van der Waals surface area contributed by atoms with Crippen molar-refractivity contribution in [2.24, 2.45) is 7.05 Å². The van der Waals surface area contributed by atoms with Crippen LogP contribution in [0, 0.1) is 6.92 Å². The monoisotopic (exact) mass is 396 g/mol. The molecule has 0 N–H and O–H groups in total. The van der Waals surface area contributed by atoms with Crippen LogP contribution in [0.5, 0.6) is 11.5 Å². The number of allylic oxidation sites excluding steroid dienone is 1. The second-order valence-electron chi connectivity index (χ2n) is 6.28. The molecule has 28 heavy (non-hydrogen) atoms. The second kappa shape index (κ2) is 8.76. The summed E-state index contributed by atoms with van der Waals surface area (Å²) < 4.78 is 12.9. The maximum atomic E-state index is 12.4. The highest BCUT2D eigenvalue weighted by Gasteiger charge is 2.10. The number of ketones is 1. The Hall–Kier alpha value is -3.05.